The fourth-order valence-corrected chi connectivity index (χ4v) is 1.91. The van der Waals surface area contributed by atoms with Gasteiger partial charge in [-0.1, -0.05) is 6.07 Å². The van der Waals surface area contributed by atoms with Crippen molar-refractivity contribution >= 4 is 5.97 Å². The maximum Gasteiger partial charge on any atom is 0.339 e. The molecule has 0 saturated heterocycles. The Hall–Kier alpha value is -1.55. The minimum Gasteiger partial charge on any atom is -0.492 e. The molecule has 0 radical (unpaired) electrons. The normalized spacial score (nSPS) is 19.2. The van der Waals surface area contributed by atoms with Gasteiger partial charge in [0.25, 0.3) is 0 Å². The lowest BCUT2D eigenvalue weighted by atomic mass is 9.94. The van der Waals surface area contributed by atoms with Crippen LogP contribution < -0.4 is 10.5 Å². The molecule has 1 aliphatic rings. The summed E-state index contributed by atoms with van der Waals surface area (Å²) in [5, 5.41) is 9.00. The van der Waals surface area contributed by atoms with E-state index >= 15 is 0 Å². The maximum atomic E-state index is 11.0. The van der Waals surface area contributed by atoms with Gasteiger partial charge in [-0.3, -0.25) is 0 Å². The number of carbonyl (C=O) groups is 1. The second kappa shape index (κ2) is 3.55. The van der Waals surface area contributed by atoms with Gasteiger partial charge in [0.05, 0.1) is 6.61 Å². The molecular weight excluding hydrogens is 194 g/mol. The predicted octanol–water partition coefficient (Wildman–Crippen LogP) is 1.48. The van der Waals surface area contributed by atoms with Crippen LogP contribution in [0.3, 0.4) is 0 Å². The van der Waals surface area contributed by atoms with Crippen molar-refractivity contribution in [3.05, 3.63) is 28.8 Å². The summed E-state index contributed by atoms with van der Waals surface area (Å²) in [5.41, 5.74) is 7.97. The van der Waals surface area contributed by atoms with Gasteiger partial charge >= 0.3 is 5.97 Å². The number of carboxylic acid groups (broad SMARTS) is 1. The highest BCUT2D eigenvalue weighted by Gasteiger charge is 2.25. The van der Waals surface area contributed by atoms with Crippen LogP contribution in [0.5, 0.6) is 5.75 Å². The molecule has 0 aromatic heterocycles. The molecule has 0 bridgehead atoms. The first-order chi connectivity index (χ1) is 7.11. The molecule has 1 aromatic rings. The molecule has 0 unspecified atom stereocenters. The average Bonchev–Trinajstić information content (AvgIpc) is 2.17. The molecule has 0 amide bonds. The topological polar surface area (TPSA) is 72.5 Å². The van der Waals surface area contributed by atoms with Crippen LogP contribution in [0.2, 0.25) is 0 Å². The molecular formula is C11H13NO3. The SMILES string of the molecule is Cc1ccc(C(=O)O)c2c1[C@H](N)CCO2. The Bertz CT molecular complexity index is 415. The molecule has 1 heterocycles. The third-order valence-corrected chi connectivity index (χ3v) is 2.69. The van der Waals surface area contributed by atoms with E-state index in [9.17, 15) is 4.79 Å². The third-order valence-electron chi connectivity index (χ3n) is 2.69. The molecule has 1 aliphatic heterocycles. The Morgan fingerprint density at radius 1 is 1.60 bits per heavy atom. The molecule has 1 aromatic carbocycles. The van der Waals surface area contributed by atoms with E-state index in [1.807, 2.05) is 6.92 Å². The highest BCUT2D eigenvalue weighted by Crippen LogP contribution is 2.36. The van der Waals surface area contributed by atoms with Gasteiger partial charge in [-0.05, 0) is 18.6 Å². The van der Waals surface area contributed by atoms with Crippen molar-refractivity contribution in [2.45, 2.75) is 19.4 Å². The van der Waals surface area contributed by atoms with E-state index in [1.165, 1.54) is 0 Å². The zero-order valence-electron chi connectivity index (χ0n) is 8.49. The number of nitrogens with two attached hydrogens (primary N) is 1. The van der Waals surface area contributed by atoms with Crippen molar-refractivity contribution in [3.63, 3.8) is 0 Å². The number of aryl methyl sites for hydroxylation is 1. The predicted molar refractivity (Wildman–Crippen MR) is 55.2 cm³/mol. The van der Waals surface area contributed by atoms with E-state index in [0.717, 1.165) is 17.5 Å². The number of aromatic carboxylic acids is 1. The number of hydrogen-bond donors (Lipinski definition) is 2. The molecule has 0 aliphatic carbocycles. The summed E-state index contributed by atoms with van der Waals surface area (Å²) in [4.78, 5) is 11.0. The van der Waals surface area contributed by atoms with Gasteiger partial charge in [0.2, 0.25) is 0 Å². The first-order valence-electron chi connectivity index (χ1n) is 4.86. The minimum absolute atomic E-state index is 0.118. The second-order valence-corrected chi connectivity index (χ2v) is 3.72. The summed E-state index contributed by atoms with van der Waals surface area (Å²) in [6.45, 7) is 2.40. The monoisotopic (exact) mass is 207 g/mol. The van der Waals surface area contributed by atoms with Crippen molar-refractivity contribution in [2.24, 2.45) is 5.73 Å². The van der Waals surface area contributed by atoms with Crippen molar-refractivity contribution in [1.82, 2.24) is 0 Å². The summed E-state index contributed by atoms with van der Waals surface area (Å²) in [6, 6.07) is 3.22. The van der Waals surface area contributed by atoms with Crippen LogP contribution in [0.1, 0.15) is 33.9 Å². The number of fused-ring (bicyclic) bond motifs is 1. The lowest BCUT2D eigenvalue weighted by Crippen LogP contribution is -2.23. The molecule has 1 atom stereocenters. The van der Waals surface area contributed by atoms with E-state index in [-0.39, 0.29) is 11.6 Å². The maximum absolute atomic E-state index is 11.0. The van der Waals surface area contributed by atoms with E-state index in [4.69, 9.17) is 15.6 Å². The van der Waals surface area contributed by atoms with Crippen molar-refractivity contribution in [1.29, 1.82) is 0 Å². The van der Waals surface area contributed by atoms with E-state index in [0.29, 0.717) is 12.4 Å². The molecule has 0 spiro atoms. The summed E-state index contributed by atoms with van der Waals surface area (Å²) in [7, 11) is 0. The fourth-order valence-electron chi connectivity index (χ4n) is 1.91. The summed E-state index contributed by atoms with van der Waals surface area (Å²) in [6.07, 6.45) is 0.733. The van der Waals surface area contributed by atoms with Crippen molar-refractivity contribution in [2.75, 3.05) is 6.61 Å². The van der Waals surface area contributed by atoms with Gasteiger partial charge in [0.15, 0.2) is 0 Å². The Balaban J connectivity index is 2.63. The highest BCUT2D eigenvalue weighted by atomic mass is 16.5. The standard InChI is InChI=1S/C11H13NO3/c1-6-2-3-7(11(13)14)10-9(6)8(12)4-5-15-10/h2-3,8H,4-5,12H2,1H3,(H,13,14)/t8-/m1/s1. The molecule has 4 heteroatoms. The van der Waals surface area contributed by atoms with Crippen LogP contribution in [0.15, 0.2) is 12.1 Å². The third kappa shape index (κ3) is 1.57. The summed E-state index contributed by atoms with van der Waals surface area (Å²) in [5.74, 6) is -0.526. The quantitative estimate of drug-likeness (QED) is 0.731. The number of rotatable bonds is 1. The number of hydrogen-bond acceptors (Lipinski definition) is 3. The largest absolute Gasteiger partial charge is 0.492 e. The molecule has 0 fully saturated rings. The number of benzene rings is 1. The van der Waals surface area contributed by atoms with Crippen molar-refractivity contribution < 1.29 is 14.6 Å². The number of ether oxygens (including phenoxy) is 1. The summed E-state index contributed by atoms with van der Waals surface area (Å²) < 4.78 is 5.41. The molecule has 80 valence electrons. The van der Waals surface area contributed by atoms with Crippen molar-refractivity contribution in [3.8, 4) is 5.75 Å². The van der Waals surface area contributed by atoms with Crippen LogP contribution in [0.4, 0.5) is 0 Å². The van der Waals surface area contributed by atoms with Gasteiger partial charge in [-0.25, -0.2) is 4.79 Å². The van der Waals surface area contributed by atoms with E-state index in [1.54, 1.807) is 12.1 Å². The average molecular weight is 207 g/mol. The molecule has 2 rings (SSSR count). The van der Waals surface area contributed by atoms with E-state index < -0.39 is 5.97 Å². The van der Waals surface area contributed by atoms with Crippen LogP contribution in [0.25, 0.3) is 0 Å². The first-order valence-corrected chi connectivity index (χ1v) is 4.86. The summed E-state index contributed by atoms with van der Waals surface area (Å²) >= 11 is 0. The van der Waals surface area contributed by atoms with Gasteiger partial charge in [-0.2, -0.15) is 0 Å². The zero-order chi connectivity index (χ0) is 11.0. The molecule has 0 saturated carbocycles. The fraction of sp³-hybridized carbons (Fsp3) is 0.364. The Morgan fingerprint density at radius 3 is 3.00 bits per heavy atom. The van der Waals surface area contributed by atoms with Crippen LogP contribution in [0, 0.1) is 6.92 Å². The molecule has 4 nitrogen and oxygen atoms in total. The van der Waals surface area contributed by atoms with E-state index in [2.05, 4.69) is 0 Å². The molecule has 15 heavy (non-hydrogen) atoms. The smallest absolute Gasteiger partial charge is 0.339 e. The Labute approximate surface area is 87.7 Å². The lowest BCUT2D eigenvalue weighted by molar-refractivity contribution is 0.0690. The van der Waals surface area contributed by atoms with Gasteiger partial charge in [0.1, 0.15) is 11.3 Å². The van der Waals surface area contributed by atoms with Crippen LogP contribution in [-0.4, -0.2) is 17.7 Å². The Morgan fingerprint density at radius 2 is 2.33 bits per heavy atom. The van der Waals surface area contributed by atoms with Crippen LogP contribution in [-0.2, 0) is 0 Å². The second-order valence-electron chi connectivity index (χ2n) is 3.72. The van der Waals surface area contributed by atoms with Gasteiger partial charge < -0.3 is 15.6 Å². The van der Waals surface area contributed by atoms with Crippen LogP contribution >= 0.6 is 0 Å². The molecule has 3 N–H and O–H groups in total. The minimum atomic E-state index is -0.972. The Kier molecular flexibility index (Phi) is 2.36. The zero-order valence-corrected chi connectivity index (χ0v) is 8.49. The highest BCUT2D eigenvalue weighted by molar-refractivity contribution is 5.91. The van der Waals surface area contributed by atoms with Gasteiger partial charge in [0, 0.05) is 18.0 Å². The first kappa shape index (κ1) is 9.98. The van der Waals surface area contributed by atoms with Gasteiger partial charge in [-0.15, -0.1) is 0 Å². The number of carboxylic acids is 1. The lowest BCUT2D eigenvalue weighted by Gasteiger charge is -2.25.